The summed E-state index contributed by atoms with van der Waals surface area (Å²) in [6.07, 6.45) is 1.04. The second-order valence-electron chi connectivity index (χ2n) is 4.06. The minimum Gasteiger partial charge on any atom is -0.339 e. The van der Waals surface area contributed by atoms with Gasteiger partial charge < -0.3 is 9.84 Å². The number of rotatable bonds is 5. The van der Waals surface area contributed by atoms with Crippen molar-refractivity contribution >= 4 is 11.3 Å². The Kier molecular flexibility index (Phi) is 3.91. The lowest BCUT2D eigenvalue weighted by atomic mass is 10.00. The predicted octanol–water partition coefficient (Wildman–Crippen LogP) is 2.90. The Bertz CT molecular complexity index is 448. The number of nitrogens with zero attached hydrogens (tertiary/aromatic N) is 2. The first-order chi connectivity index (χ1) is 8.26. The Morgan fingerprint density at radius 1 is 1.53 bits per heavy atom. The van der Waals surface area contributed by atoms with Gasteiger partial charge in [-0.15, -0.1) is 0 Å². The van der Waals surface area contributed by atoms with Crippen molar-refractivity contribution in [3.05, 3.63) is 22.7 Å². The molecule has 92 valence electrons. The molecular weight excluding hydrogens is 234 g/mol. The maximum absolute atomic E-state index is 5.34. The van der Waals surface area contributed by atoms with Gasteiger partial charge in [-0.2, -0.15) is 16.3 Å². The number of hydrogen-bond donors (Lipinski definition) is 1. The Balaban J connectivity index is 2.18. The molecule has 1 N–H and O–H groups in total. The van der Waals surface area contributed by atoms with Crippen LogP contribution in [0.25, 0.3) is 11.4 Å². The van der Waals surface area contributed by atoms with E-state index in [2.05, 4.69) is 29.3 Å². The number of nitrogens with one attached hydrogen (secondary N) is 1. The molecule has 0 radical (unpaired) electrons. The molecule has 5 heteroatoms. The minimum atomic E-state index is 0.227. The van der Waals surface area contributed by atoms with Crippen LogP contribution < -0.4 is 5.32 Å². The molecule has 0 bridgehead atoms. The van der Waals surface area contributed by atoms with E-state index in [1.165, 1.54) is 0 Å². The molecule has 2 unspecified atom stereocenters. The first kappa shape index (κ1) is 12.3. The van der Waals surface area contributed by atoms with Crippen LogP contribution in [-0.4, -0.2) is 23.2 Å². The van der Waals surface area contributed by atoms with Crippen molar-refractivity contribution in [3.8, 4) is 11.4 Å². The summed E-state index contributed by atoms with van der Waals surface area (Å²) in [6.45, 7) is 4.25. The second kappa shape index (κ2) is 5.42. The van der Waals surface area contributed by atoms with Crippen LogP contribution in [0.5, 0.6) is 0 Å². The van der Waals surface area contributed by atoms with E-state index in [0.29, 0.717) is 17.8 Å². The summed E-state index contributed by atoms with van der Waals surface area (Å²) in [5, 5.41) is 11.3. The molecule has 0 fully saturated rings. The summed E-state index contributed by atoms with van der Waals surface area (Å²) in [6, 6.07) is 2.37. The number of aromatic nitrogens is 2. The van der Waals surface area contributed by atoms with Crippen LogP contribution in [0.15, 0.2) is 21.3 Å². The van der Waals surface area contributed by atoms with E-state index < -0.39 is 0 Å². The minimum absolute atomic E-state index is 0.227. The molecule has 2 atom stereocenters. The third kappa shape index (κ3) is 2.56. The fourth-order valence-electron chi connectivity index (χ4n) is 1.91. The summed E-state index contributed by atoms with van der Waals surface area (Å²) in [5.74, 6) is 1.61. The SMILES string of the molecule is CCC(NC)C(C)c1nc(-c2ccsc2)no1. The summed E-state index contributed by atoms with van der Waals surface area (Å²) < 4.78 is 5.34. The van der Waals surface area contributed by atoms with Crippen LogP contribution in [0.2, 0.25) is 0 Å². The molecule has 2 heterocycles. The quantitative estimate of drug-likeness (QED) is 0.887. The average molecular weight is 251 g/mol. The van der Waals surface area contributed by atoms with Gasteiger partial charge in [-0.25, -0.2) is 0 Å². The van der Waals surface area contributed by atoms with Gasteiger partial charge in [0.05, 0.1) is 5.92 Å². The zero-order valence-corrected chi connectivity index (χ0v) is 11.1. The average Bonchev–Trinajstić information content (AvgIpc) is 3.01. The molecule has 0 aliphatic carbocycles. The van der Waals surface area contributed by atoms with Crippen LogP contribution in [0, 0.1) is 0 Å². The maximum Gasteiger partial charge on any atom is 0.231 e. The van der Waals surface area contributed by atoms with Crippen molar-refractivity contribution in [2.45, 2.75) is 32.2 Å². The third-order valence-corrected chi connectivity index (χ3v) is 3.71. The molecule has 2 aromatic heterocycles. The molecule has 2 rings (SSSR count). The van der Waals surface area contributed by atoms with Crippen LogP contribution >= 0.6 is 11.3 Å². The second-order valence-corrected chi connectivity index (χ2v) is 4.84. The molecule has 4 nitrogen and oxygen atoms in total. The van der Waals surface area contributed by atoms with Gasteiger partial charge in [-0.05, 0) is 24.9 Å². The van der Waals surface area contributed by atoms with E-state index in [4.69, 9.17) is 4.52 Å². The zero-order valence-electron chi connectivity index (χ0n) is 10.3. The highest BCUT2D eigenvalue weighted by molar-refractivity contribution is 7.08. The number of thiophene rings is 1. The van der Waals surface area contributed by atoms with E-state index in [0.717, 1.165) is 12.0 Å². The lowest BCUT2D eigenvalue weighted by Crippen LogP contribution is -2.30. The van der Waals surface area contributed by atoms with Gasteiger partial charge in [0.1, 0.15) is 0 Å². The van der Waals surface area contributed by atoms with Gasteiger partial charge >= 0.3 is 0 Å². The van der Waals surface area contributed by atoms with Crippen LogP contribution in [0.1, 0.15) is 32.1 Å². The molecule has 0 amide bonds. The number of likely N-dealkylation sites (N-methyl/N-ethyl adjacent to an activating group) is 1. The van der Waals surface area contributed by atoms with Gasteiger partial charge in [-0.1, -0.05) is 19.0 Å². The summed E-state index contributed by atoms with van der Waals surface area (Å²) in [4.78, 5) is 4.46. The number of hydrogen-bond acceptors (Lipinski definition) is 5. The molecule has 0 aliphatic heterocycles. The van der Waals surface area contributed by atoms with E-state index in [1.807, 2.05) is 23.9 Å². The van der Waals surface area contributed by atoms with Gasteiger partial charge in [0.15, 0.2) is 0 Å². The largest absolute Gasteiger partial charge is 0.339 e. The monoisotopic (exact) mass is 251 g/mol. The smallest absolute Gasteiger partial charge is 0.231 e. The predicted molar refractivity (Wildman–Crippen MR) is 69.2 cm³/mol. The normalized spacial score (nSPS) is 14.8. The lowest BCUT2D eigenvalue weighted by molar-refractivity contribution is 0.326. The summed E-state index contributed by atoms with van der Waals surface area (Å²) in [5.41, 5.74) is 1.02. The van der Waals surface area contributed by atoms with Crippen LogP contribution in [0.3, 0.4) is 0 Å². The molecule has 0 aromatic carbocycles. The standard InChI is InChI=1S/C12H17N3OS/c1-4-10(13-3)8(2)12-14-11(15-16-12)9-5-6-17-7-9/h5-8,10,13H,4H2,1-3H3. The first-order valence-corrected chi connectivity index (χ1v) is 6.74. The highest BCUT2D eigenvalue weighted by Crippen LogP contribution is 2.24. The highest BCUT2D eigenvalue weighted by Gasteiger charge is 2.21. The summed E-state index contributed by atoms with van der Waals surface area (Å²) >= 11 is 1.63. The fraction of sp³-hybridized carbons (Fsp3) is 0.500. The lowest BCUT2D eigenvalue weighted by Gasteiger charge is -2.18. The Hall–Kier alpha value is -1.20. The highest BCUT2D eigenvalue weighted by atomic mass is 32.1. The van der Waals surface area contributed by atoms with Gasteiger partial charge in [-0.3, -0.25) is 0 Å². The van der Waals surface area contributed by atoms with E-state index >= 15 is 0 Å². The van der Waals surface area contributed by atoms with E-state index in [-0.39, 0.29) is 5.92 Å². The fourth-order valence-corrected chi connectivity index (χ4v) is 2.54. The van der Waals surface area contributed by atoms with Crippen molar-refractivity contribution in [2.24, 2.45) is 0 Å². The topological polar surface area (TPSA) is 51.0 Å². The van der Waals surface area contributed by atoms with Crippen LogP contribution in [0.4, 0.5) is 0 Å². The molecule has 0 aliphatic rings. The Labute approximate surface area is 105 Å². The van der Waals surface area contributed by atoms with Crippen molar-refractivity contribution in [1.82, 2.24) is 15.5 Å². The van der Waals surface area contributed by atoms with Crippen molar-refractivity contribution in [3.63, 3.8) is 0 Å². The molecular formula is C12H17N3OS. The zero-order chi connectivity index (χ0) is 12.3. The Morgan fingerprint density at radius 3 is 2.94 bits per heavy atom. The van der Waals surface area contributed by atoms with Crippen molar-refractivity contribution < 1.29 is 4.52 Å². The Morgan fingerprint density at radius 2 is 2.35 bits per heavy atom. The first-order valence-electron chi connectivity index (χ1n) is 5.79. The molecule has 0 saturated heterocycles. The molecule has 17 heavy (non-hydrogen) atoms. The van der Waals surface area contributed by atoms with Crippen LogP contribution in [-0.2, 0) is 0 Å². The van der Waals surface area contributed by atoms with E-state index in [1.54, 1.807) is 11.3 Å². The maximum atomic E-state index is 5.34. The van der Waals surface area contributed by atoms with Crippen molar-refractivity contribution in [2.75, 3.05) is 7.05 Å². The third-order valence-electron chi connectivity index (χ3n) is 3.02. The molecule has 0 saturated carbocycles. The van der Waals surface area contributed by atoms with Gasteiger partial charge in [0, 0.05) is 17.0 Å². The van der Waals surface area contributed by atoms with Crippen molar-refractivity contribution in [1.29, 1.82) is 0 Å². The van der Waals surface area contributed by atoms with E-state index in [9.17, 15) is 0 Å². The molecule has 2 aromatic rings. The summed E-state index contributed by atoms with van der Waals surface area (Å²) in [7, 11) is 1.96. The van der Waals surface area contributed by atoms with Gasteiger partial charge in [0.2, 0.25) is 11.7 Å². The molecule has 0 spiro atoms. The van der Waals surface area contributed by atoms with Gasteiger partial charge in [0.25, 0.3) is 0 Å².